The van der Waals surface area contributed by atoms with Gasteiger partial charge in [0, 0.05) is 32.7 Å². The molecule has 0 fully saturated rings. The van der Waals surface area contributed by atoms with Crippen LogP contribution in [0.1, 0.15) is 11.1 Å². The monoisotopic (exact) mass is 398 g/mol. The number of nitrogens with one attached hydrogen (secondary N) is 2. The second-order valence-corrected chi connectivity index (χ2v) is 5.40. The molecule has 0 aromatic heterocycles. The summed E-state index contributed by atoms with van der Waals surface area (Å²) in [6.07, 6.45) is 2.93. The van der Waals surface area contributed by atoms with Crippen molar-refractivity contribution in [2.45, 2.75) is 24.9 Å². The summed E-state index contributed by atoms with van der Waals surface area (Å²) in [5.74, 6) is -0.194. The van der Waals surface area contributed by atoms with E-state index in [0.717, 1.165) is 11.1 Å². The van der Waals surface area contributed by atoms with Crippen LogP contribution in [-0.4, -0.2) is 31.3 Å². The van der Waals surface area contributed by atoms with Gasteiger partial charge in [0.15, 0.2) is 0 Å². The van der Waals surface area contributed by atoms with E-state index in [1.165, 1.54) is 0 Å². The second-order valence-electron chi connectivity index (χ2n) is 5.40. The predicted octanol–water partition coefficient (Wildman–Crippen LogP) is 1.65. The van der Waals surface area contributed by atoms with Crippen LogP contribution in [0.2, 0.25) is 0 Å². The molecule has 1 amide bonds. The van der Waals surface area contributed by atoms with Gasteiger partial charge in [-0.3, -0.25) is 4.79 Å². The molecule has 0 heterocycles. The Balaban J connectivity index is 0.00000288. The zero-order valence-electron chi connectivity index (χ0n) is 13.7. The maximum Gasteiger partial charge on any atom is 0.235 e. The van der Waals surface area contributed by atoms with Crippen molar-refractivity contribution >= 4 is 12.2 Å². The Labute approximate surface area is 168 Å². The molecule has 2 rings (SSSR count). The van der Waals surface area contributed by atoms with Gasteiger partial charge >= 0.3 is 0 Å². The van der Waals surface area contributed by atoms with Crippen LogP contribution < -0.4 is 10.6 Å². The minimum atomic E-state index is -0.642. The molecule has 5 heteroatoms. The van der Waals surface area contributed by atoms with E-state index in [1.54, 1.807) is 7.05 Å². The quantitative estimate of drug-likeness (QED) is 0.665. The Morgan fingerprint density at radius 2 is 1.46 bits per heavy atom. The maximum absolute atomic E-state index is 12.4. The summed E-state index contributed by atoms with van der Waals surface area (Å²) in [7, 11) is 1.74. The van der Waals surface area contributed by atoms with E-state index in [2.05, 4.69) is 10.6 Å². The molecule has 123 valence electrons. The molecule has 2 N–H and O–H groups in total. The molecule has 0 aliphatic rings. The summed E-state index contributed by atoms with van der Waals surface area (Å²) < 4.78 is 0. The van der Waals surface area contributed by atoms with E-state index < -0.39 is 6.04 Å². The first-order chi connectivity index (χ1) is 11.2. The molecular weight excluding hydrogens is 377 g/mol. The van der Waals surface area contributed by atoms with Gasteiger partial charge in [0.2, 0.25) is 5.91 Å². The second kappa shape index (κ2) is 11.2. The van der Waals surface area contributed by atoms with Crippen molar-refractivity contribution in [3.05, 3.63) is 71.8 Å². The number of hydrogen-bond acceptors (Lipinski definition) is 3. The molecule has 4 nitrogen and oxygen atoms in total. The van der Waals surface area contributed by atoms with Gasteiger partial charge in [-0.25, -0.2) is 6.29 Å². The van der Waals surface area contributed by atoms with Crippen LogP contribution in [0.25, 0.3) is 0 Å². The van der Waals surface area contributed by atoms with Crippen molar-refractivity contribution in [2.75, 3.05) is 7.05 Å². The van der Waals surface area contributed by atoms with Gasteiger partial charge in [-0.15, -0.1) is 0 Å². The van der Waals surface area contributed by atoms with Gasteiger partial charge < -0.3 is 15.4 Å². The summed E-state index contributed by atoms with van der Waals surface area (Å²) in [6.45, 7) is 0. The van der Waals surface area contributed by atoms with Gasteiger partial charge in [-0.2, -0.15) is 0 Å². The molecule has 0 aliphatic heterocycles. The number of benzene rings is 2. The Bertz CT molecular complexity index is 620. The van der Waals surface area contributed by atoms with E-state index in [0.29, 0.717) is 12.8 Å². The van der Waals surface area contributed by atoms with Crippen molar-refractivity contribution < 1.29 is 42.3 Å². The van der Waals surface area contributed by atoms with E-state index in [-0.39, 0.29) is 44.7 Å². The first-order valence-electron chi connectivity index (χ1n) is 7.66. The van der Waals surface area contributed by atoms with E-state index in [9.17, 15) is 9.59 Å². The fraction of sp³-hybridized carbons (Fsp3) is 0.263. The smallest absolute Gasteiger partial charge is 0.235 e. The summed E-state index contributed by atoms with van der Waals surface area (Å²) in [4.78, 5) is 23.5. The number of amides is 1. The Morgan fingerprint density at radius 3 is 1.92 bits per heavy atom. The third-order valence-corrected chi connectivity index (χ3v) is 3.69. The molecule has 0 spiro atoms. The van der Waals surface area contributed by atoms with E-state index >= 15 is 0 Å². The van der Waals surface area contributed by atoms with Crippen LogP contribution in [0.4, 0.5) is 0 Å². The normalized spacial score (nSPS) is 12.5. The van der Waals surface area contributed by atoms with Crippen molar-refractivity contribution in [2.24, 2.45) is 0 Å². The molecular formula is C19H21N2O2Y-. The topological polar surface area (TPSA) is 58.2 Å². The molecule has 2 atom stereocenters. The molecule has 2 aromatic carbocycles. The largest absolute Gasteiger partial charge is 0.540 e. The van der Waals surface area contributed by atoms with Crippen molar-refractivity contribution in [3.8, 4) is 0 Å². The third kappa shape index (κ3) is 6.64. The zero-order valence-corrected chi connectivity index (χ0v) is 16.6. The van der Waals surface area contributed by atoms with Crippen LogP contribution in [0.5, 0.6) is 0 Å². The van der Waals surface area contributed by atoms with Crippen LogP contribution >= 0.6 is 0 Å². The number of rotatable bonds is 8. The van der Waals surface area contributed by atoms with Gasteiger partial charge in [0.05, 0.1) is 6.04 Å². The molecule has 24 heavy (non-hydrogen) atoms. The maximum atomic E-state index is 12.4. The molecule has 2 aromatic rings. The number of likely N-dealkylation sites (N-methyl/N-ethyl adjacent to an activating group) is 1. The number of carbonyl (C=O) groups excluding carboxylic acids is 2. The summed E-state index contributed by atoms with van der Waals surface area (Å²) in [5, 5.41) is 5.76. The van der Waals surface area contributed by atoms with Crippen LogP contribution in [0, 0.1) is 0 Å². The Morgan fingerprint density at radius 1 is 0.958 bits per heavy atom. The minimum Gasteiger partial charge on any atom is -0.540 e. The van der Waals surface area contributed by atoms with Crippen LogP contribution in [0.3, 0.4) is 0 Å². The molecule has 0 bridgehead atoms. The minimum absolute atomic E-state index is 0. The number of hydrogen-bond donors (Lipinski definition) is 2. The van der Waals surface area contributed by atoms with Crippen LogP contribution in [-0.2, 0) is 55.1 Å². The first kappa shape index (κ1) is 20.7. The third-order valence-electron chi connectivity index (χ3n) is 3.69. The first-order valence-corrected chi connectivity index (χ1v) is 7.66. The molecule has 0 saturated carbocycles. The average Bonchev–Trinajstić information content (AvgIpc) is 2.60. The molecule has 0 aliphatic carbocycles. The standard InChI is InChI=1S/C19H21N2O2.Y/c1-20-18(13-16-10-6-3-7-11-16)19(23)21-17(14-22)12-15-8-4-2-5-9-15;/h2-11,17-18,20H,12-13H2,1H3,(H,21,23);/q-1;. The summed E-state index contributed by atoms with van der Waals surface area (Å²) in [5.41, 5.74) is 2.06. The van der Waals surface area contributed by atoms with Crippen molar-refractivity contribution in [1.82, 2.24) is 10.6 Å². The van der Waals surface area contributed by atoms with Crippen molar-refractivity contribution in [1.29, 1.82) is 0 Å². The fourth-order valence-corrected chi connectivity index (χ4v) is 2.42. The summed E-state index contributed by atoms with van der Waals surface area (Å²) in [6, 6.07) is 18.3. The zero-order chi connectivity index (χ0) is 16.5. The van der Waals surface area contributed by atoms with E-state index in [1.807, 2.05) is 66.9 Å². The van der Waals surface area contributed by atoms with Crippen molar-refractivity contribution in [3.63, 3.8) is 0 Å². The number of carbonyl (C=O) groups is 1. The molecule has 2 unspecified atom stereocenters. The predicted molar refractivity (Wildman–Crippen MR) is 90.8 cm³/mol. The van der Waals surface area contributed by atoms with Gasteiger partial charge in [0.25, 0.3) is 0 Å². The van der Waals surface area contributed by atoms with E-state index in [4.69, 9.17) is 0 Å². The van der Waals surface area contributed by atoms with Gasteiger partial charge in [-0.05, 0) is 31.0 Å². The summed E-state index contributed by atoms with van der Waals surface area (Å²) >= 11 is 0. The van der Waals surface area contributed by atoms with Gasteiger partial charge in [0.1, 0.15) is 0 Å². The molecule has 0 saturated heterocycles. The SMILES string of the molecule is CNC(Cc1ccccc1)C(=O)NC([C-]=O)Cc1ccccc1.[Y]. The fourth-order valence-electron chi connectivity index (χ4n) is 2.42. The Kier molecular flexibility index (Phi) is 9.69. The van der Waals surface area contributed by atoms with Crippen LogP contribution in [0.15, 0.2) is 60.7 Å². The average molecular weight is 398 g/mol. The molecule has 1 radical (unpaired) electrons. The Hall–Kier alpha value is -1.36. The van der Waals surface area contributed by atoms with Gasteiger partial charge in [-0.1, -0.05) is 66.7 Å².